The van der Waals surface area contributed by atoms with Crippen molar-refractivity contribution in [3.8, 4) is 0 Å². The van der Waals surface area contributed by atoms with Gasteiger partial charge in [0.25, 0.3) is 0 Å². The van der Waals surface area contributed by atoms with Crippen molar-refractivity contribution in [3.63, 3.8) is 0 Å². The second kappa shape index (κ2) is 5.95. The maximum Gasteiger partial charge on any atom is 0.240 e. The lowest BCUT2D eigenvalue weighted by atomic mass is 9.95. The summed E-state index contributed by atoms with van der Waals surface area (Å²) in [5.74, 6) is 0.149. The summed E-state index contributed by atoms with van der Waals surface area (Å²) < 4.78 is 0. The highest BCUT2D eigenvalue weighted by molar-refractivity contribution is 7.11. The van der Waals surface area contributed by atoms with E-state index in [4.69, 9.17) is 0 Å². The Hall–Kier alpha value is -1.72. The predicted octanol–water partition coefficient (Wildman–Crippen LogP) is 2.12. The van der Waals surface area contributed by atoms with Crippen LogP contribution in [0.1, 0.15) is 21.0 Å². The van der Waals surface area contributed by atoms with Crippen LogP contribution in [0.2, 0.25) is 0 Å². The molecule has 110 valence electrons. The van der Waals surface area contributed by atoms with Gasteiger partial charge in [-0.1, -0.05) is 24.3 Å². The van der Waals surface area contributed by atoms with Crippen LogP contribution in [0.25, 0.3) is 0 Å². The second-order valence-corrected chi connectivity index (χ2v) is 6.77. The summed E-state index contributed by atoms with van der Waals surface area (Å²) in [4.78, 5) is 19.7. The van der Waals surface area contributed by atoms with Gasteiger partial charge in [-0.25, -0.2) is 4.98 Å². The monoisotopic (exact) mass is 301 g/mol. The maximum absolute atomic E-state index is 12.6. The number of aryl methyl sites for hydroxylation is 1. The number of fused-ring (bicyclic) bond motifs is 1. The van der Waals surface area contributed by atoms with Gasteiger partial charge in [0.1, 0.15) is 0 Å². The zero-order chi connectivity index (χ0) is 14.8. The lowest BCUT2D eigenvalue weighted by Gasteiger charge is -2.28. The normalized spacial score (nSPS) is 17.3. The quantitative estimate of drug-likeness (QED) is 0.944. The Morgan fingerprint density at radius 1 is 1.43 bits per heavy atom. The third-order valence-corrected chi connectivity index (χ3v) is 4.72. The molecule has 1 amide bonds. The van der Waals surface area contributed by atoms with E-state index in [1.165, 1.54) is 11.1 Å². The fraction of sp³-hybridized carbons (Fsp3) is 0.375. The number of amides is 1. The smallest absolute Gasteiger partial charge is 0.240 e. The number of hydrogen-bond donors (Lipinski definition) is 1. The average Bonchev–Trinajstić information content (AvgIpc) is 2.91. The zero-order valence-corrected chi connectivity index (χ0v) is 13.1. The van der Waals surface area contributed by atoms with Crippen LogP contribution in [-0.2, 0) is 24.3 Å². The average molecular weight is 301 g/mol. The van der Waals surface area contributed by atoms with Crippen molar-refractivity contribution in [2.75, 3.05) is 7.05 Å². The molecular formula is C16H19N3OS. The van der Waals surface area contributed by atoms with Crippen molar-refractivity contribution in [1.82, 2.24) is 15.2 Å². The number of nitrogens with one attached hydrogen (secondary N) is 1. The Morgan fingerprint density at radius 3 is 2.90 bits per heavy atom. The van der Waals surface area contributed by atoms with Gasteiger partial charge in [-0.3, -0.25) is 4.79 Å². The molecule has 3 rings (SSSR count). The fourth-order valence-electron chi connectivity index (χ4n) is 2.69. The first-order valence-electron chi connectivity index (χ1n) is 7.10. The maximum atomic E-state index is 12.6. The van der Waals surface area contributed by atoms with Gasteiger partial charge in [0, 0.05) is 24.7 Å². The SMILES string of the molecule is Cc1ncc(CN(C)C(=O)[C@@H]2Cc3ccccc3CN2)s1. The first-order valence-corrected chi connectivity index (χ1v) is 7.91. The number of rotatable bonds is 3. The molecule has 0 unspecified atom stereocenters. The summed E-state index contributed by atoms with van der Waals surface area (Å²) in [5, 5.41) is 4.38. The van der Waals surface area contributed by atoms with E-state index in [0.29, 0.717) is 6.54 Å². The largest absolute Gasteiger partial charge is 0.339 e. The van der Waals surface area contributed by atoms with Crippen LogP contribution >= 0.6 is 11.3 Å². The predicted molar refractivity (Wildman–Crippen MR) is 84.1 cm³/mol. The molecule has 1 aromatic heterocycles. The standard InChI is InChI=1S/C16H19N3OS/c1-11-17-9-14(21-11)10-19(2)16(20)15-7-12-5-3-4-6-13(12)8-18-15/h3-6,9,15,18H,7-8,10H2,1-2H3/t15-/m0/s1. The van der Waals surface area contributed by atoms with Crippen molar-refractivity contribution < 1.29 is 4.79 Å². The topological polar surface area (TPSA) is 45.2 Å². The molecule has 21 heavy (non-hydrogen) atoms. The third kappa shape index (κ3) is 3.14. The number of likely N-dealkylation sites (N-methyl/N-ethyl adjacent to an activating group) is 1. The van der Waals surface area contributed by atoms with Gasteiger partial charge in [0.2, 0.25) is 5.91 Å². The van der Waals surface area contributed by atoms with E-state index in [2.05, 4.69) is 22.4 Å². The minimum Gasteiger partial charge on any atom is -0.339 e. The molecule has 2 heterocycles. The molecule has 1 N–H and O–H groups in total. The Labute approximate surface area is 128 Å². The van der Waals surface area contributed by atoms with Crippen LogP contribution < -0.4 is 5.32 Å². The molecule has 0 bridgehead atoms. The summed E-state index contributed by atoms with van der Waals surface area (Å²) in [6, 6.07) is 8.19. The molecular weight excluding hydrogens is 282 g/mol. The summed E-state index contributed by atoms with van der Waals surface area (Å²) in [5.41, 5.74) is 2.57. The van der Waals surface area contributed by atoms with Crippen LogP contribution in [0.15, 0.2) is 30.5 Å². The molecule has 0 fully saturated rings. The van der Waals surface area contributed by atoms with Gasteiger partial charge < -0.3 is 10.2 Å². The number of nitrogens with zero attached hydrogens (tertiary/aromatic N) is 2. The Morgan fingerprint density at radius 2 is 2.19 bits per heavy atom. The highest BCUT2D eigenvalue weighted by Crippen LogP contribution is 2.19. The highest BCUT2D eigenvalue weighted by atomic mass is 32.1. The summed E-state index contributed by atoms with van der Waals surface area (Å²) >= 11 is 1.64. The van der Waals surface area contributed by atoms with Crippen molar-refractivity contribution >= 4 is 17.2 Å². The first kappa shape index (κ1) is 14.2. The van der Waals surface area contributed by atoms with Crippen LogP contribution in [0, 0.1) is 6.92 Å². The first-order chi connectivity index (χ1) is 10.1. The molecule has 1 aromatic carbocycles. The summed E-state index contributed by atoms with van der Waals surface area (Å²) in [7, 11) is 1.86. The number of carbonyl (C=O) groups excluding carboxylic acids is 1. The molecule has 1 aliphatic heterocycles. The number of carbonyl (C=O) groups is 1. The summed E-state index contributed by atoms with van der Waals surface area (Å²) in [6.45, 7) is 3.37. The minimum atomic E-state index is -0.126. The van der Waals surface area contributed by atoms with E-state index in [1.54, 1.807) is 16.2 Å². The fourth-order valence-corrected chi connectivity index (χ4v) is 3.53. The Balaban J connectivity index is 1.66. The molecule has 0 saturated heterocycles. The molecule has 2 aromatic rings. The van der Waals surface area contributed by atoms with Crippen LogP contribution in [0.4, 0.5) is 0 Å². The molecule has 1 atom stereocenters. The van der Waals surface area contributed by atoms with Gasteiger partial charge in [-0.05, 0) is 24.5 Å². The second-order valence-electron chi connectivity index (χ2n) is 5.45. The van der Waals surface area contributed by atoms with Crippen molar-refractivity contribution in [2.45, 2.75) is 32.5 Å². The van der Waals surface area contributed by atoms with Crippen LogP contribution in [0.5, 0.6) is 0 Å². The number of benzene rings is 1. The van der Waals surface area contributed by atoms with E-state index in [1.807, 2.05) is 32.3 Å². The third-order valence-electron chi connectivity index (χ3n) is 3.82. The van der Waals surface area contributed by atoms with Crippen molar-refractivity contribution in [2.24, 2.45) is 0 Å². The number of hydrogen-bond acceptors (Lipinski definition) is 4. The molecule has 0 radical (unpaired) electrons. The molecule has 0 saturated carbocycles. The van der Waals surface area contributed by atoms with Gasteiger partial charge >= 0.3 is 0 Å². The van der Waals surface area contributed by atoms with Crippen molar-refractivity contribution in [3.05, 3.63) is 51.5 Å². The lowest BCUT2D eigenvalue weighted by Crippen LogP contribution is -2.47. The Bertz CT molecular complexity index is 652. The Kier molecular flexibility index (Phi) is 4.03. The van der Waals surface area contributed by atoms with Crippen molar-refractivity contribution in [1.29, 1.82) is 0 Å². The minimum absolute atomic E-state index is 0.126. The van der Waals surface area contributed by atoms with Gasteiger partial charge in [-0.2, -0.15) is 0 Å². The van der Waals surface area contributed by atoms with E-state index < -0.39 is 0 Å². The van der Waals surface area contributed by atoms with E-state index in [-0.39, 0.29) is 11.9 Å². The van der Waals surface area contributed by atoms with Crippen LogP contribution in [0.3, 0.4) is 0 Å². The summed E-state index contributed by atoms with van der Waals surface area (Å²) in [6.07, 6.45) is 2.62. The highest BCUT2D eigenvalue weighted by Gasteiger charge is 2.26. The van der Waals surface area contributed by atoms with E-state index >= 15 is 0 Å². The van der Waals surface area contributed by atoms with Gasteiger partial charge in [0.05, 0.1) is 17.6 Å². The molecule has 1 aliphatic rings. The van der Waals surface area contributed by atoms with E-state index in [0.717, 1.165) is 22.9 Å². The zero-order valence-electron chi connectivity index (χ0n) is 12.3. The number of aromatic nitrogens is 1. The molecule has 0 spiro atoms. The molecule has 4 nitrogen and oxygen atoms in total. The molecule has 5 heteroatoms. The van der Waals surface area contributed by atoms with E-state index in [9.17, 15) is 4.79 Å². The molecule has 0 aliphatic carbocycles. The lowest BCUT2D eigenvalue weighted by molar-refractivity contribution is -0.132. The van der Waals surface area contributed by atoms with Crippen LogP contribution in [-0.4, -0.2) is 28.9 Å². The number of thiazole rings is 1. The van der Waals surface area contributed by atoms with Gasteiger partial charge in [0.15, 0.2) is 0 Å². The van der Waals surface area contributed by atoms with Gasteiger partial charge in [-0.15, -0.1) is 11.3 Å².